The Labute approximate surface area is 108 Å². The van der Waals surface area contributed by atoms with Crippen LogP contribution in [0.3, 0.4) is 0 Å². The topological polar surface area (TPSA) is 38.7 Å². The van der Waals surface area contributed by atoms with Crippen molar-refractivity contribution in [1.29, 1.82) is 0 Å². The molecule has 0 aliphatic carbocycles. The maximum Gasteiger partial charge on any atom is 0.125 e. The van der Waals surface area contributed by atoms with Crippen LogP contribution in [0.4, 0.5) is 4.39 Å². The first-order chi connectivity index (χ1) is 8.65. The molecule has 1 N–H and O–H groups in total. The Morgan fingerprint density at radius 3 is 2.72 bits per heavy atom. The molecule has 0 aliphatic heterocycles. The van der Waals surface area contributed by atoms with Gasteiger partial charge >= 0.3 is 0 Å². The van der Waals surface area contributed by atoms with Crippen molar-refractivity contribution >= 4 is 0 Å². The zero-order valence-corrected chi connectivity index (χ0v) is 11.0. The molecule has 4 heteroatoms. The predicted octanol–water partition coefficient (Wildman–Crippen LogP) is 3.07. The molecule has 0 radical (unpaired) electrons. The summed E-state index contributed by atoms with van der Waals surface area (Å²) >= 11 is 0. The summed E-state index contributed by atoms with van der Waals surface area (Å²) < 4.78 is 23.9. The monoisotopic (exact) mass is 256 g/mol. The maximum absolute atomic E-state index is 13.0. The largest absolute Gasteiger partial charge is 0.491 e. The third-order valence-electron chi connectivity index (χ3n) is 2.55. The normalized spacial score (nSPS) is 12.4. The van der Waals surface area contributed by atoms with E-state index in [0.29, 0.717) is 24.5 Å². The van der Waals surface area contributed by atoms with E-state index in [0.717, 1.165) is 19.4 Å². The van der Waals surface area contributed by atoms with Crippen molar-refractivity contribution < 1.29 is 19.0 Å². The lowest BCUT2D eigenvalue weighted by Crippen LogP contribution is -2.09. The number of aliphatic hydroxyl groups excluding tert-OH is 1. The zero-order chi connectivity index (χ0) is 13.4. The molecule has 1 atom stereocenters. The van der Waals surface area contributed by atoms with Crippen molar-refractivity contribution in [3.8, 4) is 5.75 Å². The van der Waals surface area contributed by atoms with E-state index in [1.807, 2.05) is 0 Å². The molecule has 0 aromatic heterocycles. The van der Waals surface area contributed by atoms with Crippen LogP contribution in [0.5, 0.6) is 5.75 Å². The van der Waals surface area contributed by atoms with Gasteiger partial charge in [-0.2, -0.15) is 0 Å². The van der Waals surface area contributed by atoms with Gasteiger partial charge in [0, 0.05) is 12.2 Å². The van der Waals surface area contributed by atoms with E-state index in [1.165, 1.54) is 18.2 Å². The van der Waals surface area contributed by atoms with Gasteiger partial charge in [-0.3, -0.25) is 0 Å². The highest BCUT2D eigenvalue weighted by molar-refractivity contribution is 5.35. The number of benzene rings is 1. The highest BCUT2D eigenvalue weighted by Gasteiger charge is 2.10. The number of aliphatic hydroxyl groups is 1. The molecule has 18 heavy (non-hydrogen) atoms. The molecule has 0 aliphatic rings. The summed E-state index contributed by atoms with van der Waals surface area (Å²) in [5, 5.41) is 9.52. The summed E-state index contributed by atoms with van der Waals surface area (Å²) in [6.45, 7) is 5.31. The molecular weight excluding hydrogens is 235 g/mol. The molecule has 102 valence electrons. The summed E-state index contributed by atoms with van der Waals surface area (Å²) in [4.78, 5) is 0. The Morgan fingerprint density at radius 1 is 1.28 bits per heavy atom. The Kier molecular flexibility index (Phi) is 6.68. The van der Waals surface area contributed by atoms with Crippen LogP contribution >= 0.6 is 0 Å². The standard InChI is InChI=1S/C14H21FO3/c1-3-4-7-17-8-9-18-14-6-5-12(15)10-13(14)11(2)16/h5-6,10-11,16H,3-4,7-9H2,1-2H3/t11-/m0/s1. The average molecular weight is 256 g/mol. The fraction of sp³-hybridized carbons (Fsp3) is 0.571. The first-order valence-corrected chi connectivity index (χ1v) is 6.33. The highest BCUT2D eigenvalue weighted by atomic mass is 19.1. The van der Waals surface area contributed by atoms with Gasteiger partial charge in [-0.15, -0.1) is 0 Å². The molecule has 0 spiro atoms. The van der Waals surface area contributed by atoms with Gasteiger partial charge in [0.25, 0.3) is 0 Å². The van der Waals surface area contributed by atoms with Crippen molar-refractivity contribution in [1.82, 2.24) is 0 Å². The van der Waals surface area contributed by atoms with Crippen LogP contribution in [0.2, 0.25) is 0 Å². The van der Waals surface area contributed by atoms with E-state index >= 15 is 0 Å². The number of unbranched alkanes of at least 4 members (excludes halogenated alkanes) is 1. The van der Waals surface area contributed by atoms with Gasteiger partial charge in [-0.25, -0.2) is 4.39 Å². The summed E-state index contributed by atoms with van der Waals surface area (Å²) in [7, 11) is 0. The first-order valence-electron chi connectivity index (χ1n) is 6.33. The van der Waals surface area contributed by atoms with Gasteiger partial charge in [0.15, 0.2) is 0 Å². The van der Waals surface area contributed by atoms with Crippen LogP contribution in [0.1, 0.15) is 38.4 Å². The molecule has 0 bridgehead atoms. The SMILES string of the molecule is CCCCOCCOc1ccc(F)cc1[C@H](C)O. The van der Waals surface area contributed by atoms with Crippen molar-refractivity contribution in [3.63, 3.8) is 0 Å². The van der Waals surface area contributed by atoms with Crippen molar-refractivity contribution in [2.45, 2.75) is 32.8 Å². The van der Waals surface area contributed by atoms with Crippen LogP contribution in [-0.4, -0.2) is 24.9 Å². The van der Waals surface area contributed by atoms with Gasteiger partial charge in [-0.05, 0) is 31.5 Å². The van der Waals surface area contributed by atoms with Crippen LogP contribution in [-0.2, 0) is 4.74 Å². The second-order valence-corrected chi connectivity index (χ2v) is 4.17. The Morgan fingerprint density at radius 2 is 2.06 bits per heavy atom. The summed E-state index contributed by atoms with van der Waals surface area (Å²) in [5.74, 6) is 0.128. The fourth-order valence-electron chi connectivity index (χ4n) is 1.54. The maximum atomic E-state index is 13.0. The molecule has 0 heterocycles. The lowest BCUT2D eigenvalue weighted by Gasteiger charge is -2.13. The van der Waals surface area contributed by atoms with E-state index in [1.54, 1.807) is 6.92 Å². The zero-order valence-electron chi connectivity index (χ0n) is 11.0. The van der Waals surface area contributed by atoms with Crippen molar-refractivity contribution in [3.05, 3.63) is 29.6 Å². The molecule has 1 aromatic carbocycles. The van der Waals surface area contributed by atoms with Crippen molar-refractivity contribution in [2.75, 3.05) is 19.8 Å². The highest BCUT2D eigenvalue weighted by Crippen LogP contribution is 2.25. The second kappa shape index (κ2) is 8.06. The molecule has 1 rings (SSSR count). The number of ether oxygens (including phenoxy) is 2. The lowest BCUT2D eigenvalue weighted by molar-refractivity contribution is 0.0961. The summed E-state index contributed by atoms with van der Waals surface area (Å²) in [6, 6.07) is 4.14. The smallest absolute Gasteiger partial charge is 0.125 e. The molecule has 1 aromatic rings. The molecule has 0 saturated carbocycles. The quantitative estimate of drug-likeness (QED) is 0.726. The van der Waals surface area contributed by atoms with Crippen LogP contribution in [0, 0.1) is 5.82 Å². The summed E-state index contributed by atoms with van der Waals surface area (Å²) in [5.41, 5.74) is 0.462. The van der Waals surface area contributed by atoms with E-state index in [-0.39, 0.29) is 5.82 Å². The molecule has 0 amide bonds. The fourth-order valence-corrected chi connectivity index (χ4v) is 1.54. The van der Waals surface area contributed by atoms with Crippen molar-refractivity contribution in [2.24, 2.45) is 0 Å². The minimum atomic E-state index is -0.753. The minimum Gasteiger partial charge on any atom is -0.491 e. The number of rotatable bonds is 8. The average Bonchev–Trinajstić information content (AvgIpc) is 2.35. The number of halogens is 1. The van der Waals surface area contributed by atoms with Gasteiger partial charge in [0.2, 0.25) is 0 Å². The third-order valence-corrected chi connectivity index (χ3v) is 2.55. The van der Waals surface area contributed by atoms with E-state index in [4.69, 9.17) is 9.47 Å². The van der Waals surface area contributed by atoms with Gasteiger partial charge in [0.1, 0.15) is 18.2 Å². The molecular formula is C14H21FO3. The molecule has 0 saturated heterocycles. The van der Waals surface area contributed by atoms with Crippen LogP contribution in [0.25, 0.3) is 0 Å². The third kappa shape index (κ3) is 5.02. The Bertz CT molecular complexity index is 353. The molecule has 0 unspecified atom stereocenters. The van der Waals surface area contributed by atoms with Crippen LogP contribution < -0.4 is 4.74 Å². The van der Waals surface area contributed by atoms with E-state index in [2.05, 4.69) is 6.92 Å². The minimum absolute atomic E-state index is 0.377. The van der Waals surface area contributed by atoms with Gasteiger partial charge in [-0.1, -0.05) is 13.3 Å². The number of hydrogen-bond acceptors (Lipinski definition) is 3. The predicted molar refractivity (Wildman–Crippen MR) is 68.3 cm³/mol. The Hall–Kier alpha value is -1.13. The van der Waals surface area contributed by atoms with E-state index in [9.17, 15) is 9.50 Å². The first kappa shape index (κ1) is 14.9. The molecule has 0 fully saturated rings. The van der Waals surface area contributed by atoms with Crippen LogP contribution in [0.15, 0.2) is 18.2 Å². The number of hydrogen-bond donors (Lipinski definition) is 1. The lowest BCUT2D eigenvalue weighted by atomic mass is 10.1. The van der Waals surface area contributed by atoms with Gasteiger partial charge < -0.3 is 14.6 Å². The summed E-state index contributed by atoms with van der Waals surface area (Å²) in [6.07, 6.45) is 1.39. The van der Waals surface area contributed by atoms with E-state index < -0.39 is 6.10 Å². The second-order valence-electron chi connectivity index (χ2n) is 4.17. The Balaban J connectivity index is 2.42. The molecule has 3 nitrogen and oxygen atoms in total. The van der Waals surface area contributed by atoms with Gasteiger partial charge in [0.05, 0.1) is 12.7 Å².